The summed E-state index contributed by atoms with van der Waals surface area (Å²) in [7, 11) is 0. The Labute approximate surface area is 201 Å². The predicted molar refractivity (Wildman–Crippen MR) is 127 cm³/mol. The molecule has 0 saturated carbocycles. The number of aromatic nitrogens is 2. The first-order valence-corrected chi connectivity index (χ1v) is 11.1. The van der Waals surface area contributed by atoms with Crippen LogP contribution in [-0.2, 0) is 4.79 Å². The maximum absolute atomic E-state index is 10.9. The summed E-state index contributed by atoms with van der Waals surface area (Å²) < 4.78 is 1.68. The molecule has 0 spiro atoms. The van der Waals surface area contributed by atoms with Crippen LogP contribution in [0.1, 0.15) is 30.1 Å². The Morgan fingerprint density at radius 2 is 2.06 bits per heavy atom. The molecule has 0 fully saturated rings. The molecule has 4 N–H and O–H groups in total. The van der Waals surface area contributed by atoms with Gasteiger partial charge in [0, 0.05) is 27.8 Å². The van der Waals surface area contributed by atoms with E-state index in [9.17, 15) is 4.79 Å². The van der Waals surface area contributed by atoms with Gasteiger partial charge in [0.1, 0.15) is 11.7 Å². The van der Waals surface area contributed by atoms with Gasteiger partial charge in [0.05, 0.1) is 6.20 Å². The number of hydrogen-bond donors (Lipinski definition) is 3. The zero-order valence-electron chi connectivity index (χ0n) is 18.5. The van der Waals surface area contributed by atoms with Gasteiger partial charge in [0.15, 0.2) is 10.9 Å². The minimum atomic E-state index is -1.02. The van der Waals surface area contributed by atoms with Crippen LogP contribution in [0.5, 0.6) is 0 Å². The molecule has 1 aromatic heterocycles. The number of carboxylic acids is 1. The molecule has 34 heavy (non-hydrogen) atoms. The fraction of sp³-hybridized carbons (Fsp3) is 0.261. The van der Waals surface area contributed by atoms with Crippen molar-refractivity contribution < 1.29 is 14.6 Å². The quantitative estimate of drug-likeness (QED) is 0.295. The third-order valence-corrected chi connectivity index (χ3v) is 5.55. The molecule has 1 aliphatic rings. The Hall–Kier alpha value is -3.76. The van der Waals surface area contributed by atoms with Crippen LogP contribution >= 0.6 is 11.6 Å². The van der Waals surface area contributed by atoms with Crippen molar-refractivity contribution in [2.75, 3.05) is 11.9 Å². The standard InChI is InChI=1S/C23H23ClN8O2/c1-14-7-9-15(10-8-14)21-29-30-31-32(21)19-13-27-23(26-11-3-6-18(25)22(33)34)28-20(19)16-4-2-5-17(24)12-16/h2,4-5,7-10,12-13,18,21H,3,6,11,25H2,1H3,(H-,26,27,28,29,31,33,34)/p+1. The summed E-state index contributed by atoms with van der Waals surface area (Å²) in [6.45, 7) is 2.49. The molecule has 0 aliphatic carbocycles. The summed E-state index contributed by atoms with van der Waals surface area (Å²) in [6, 6.07) is 14.5. The van der Waals surface area contributed by atoms with Crippen LogP contribution in [0.3, 0.4) is 0 Å². The Morgan fingerprint density at radius 3 is 2.79 bits per heavy atom. The number of nitrogens with one attached hydrogen (secondary N) is 1. The fourth-order valence-corrected chi connectivity index (χ4v) is 3.65. The van der Waals surface area contributed by atoms with E-state index in [0.717, 1.165) is 16.7 Å². The van der Waals surface area contributed by atoms with Crippen LogP contribution in [0.15, 0.2) is 70.3 Å². The molecular weight excluding hydrogens is 456 g/mol. The second-order valence-corrected chi connectivity index (χ2v) is 8.31. The SMILES string of the molecule is Cc1ccc(C2N=NN=[N+]2c2cnc(NCCCC(N)C(=O)O)nc2-c2cccc(Cl)c2)cc1. The normalized spacial score (nSPS) is 15.7. The van der Waals surface area contributed by atoms with E-state index in [1.807, 2.05) is 49.4 Å². The first kappa shape index (κ1) is 23.4. The zero-order chi connectivity index (χ0) is 24.1. The maximum Gasteiger partial charge on any atom is 0.320 e. The lowest BCUT2D eigenvalue weighted by atomic mass is 10.1. The Morgan fingerprint density at radius 1 is 1.26 bits per heavy atom. The van der Waals surface area contributed by atoms with Crippen LogP contribution in [0.4, 0.5) is 11.6 Å². The van der Waals surface area contributed by atoms with Crippen LogP contribution < -0.4 is 11.1 Å². The fourth-order valence-electron chi connectivity index (χ4n) is 3.46. The Bertz CT molecular complexity index is 1250. The Kier molecular flexibility index (Phi) is 7.19. The van der Waals surface area contributed by atoms with Crippen LogP contribution in [0.25, 0.3) is 11.3 Å². The van der Waals surface area contributed by atoms with Crippen molar-refractivity contribution in [2.24, 2.45) is 21.3 Å². The minimum absolute atomic E-state index is 0.343. The minimum Gasteiger partial charge on any atom is -0.480 e. The summed E-state index contributed by atoms with van der Waals surface area (Å²) in [5, 5.41) is 25.0. The number of halogens is 1. The molecular formula is C23H24ClN8O2+. The molecule has 174 valence electrons. The first-order valence-electron chi connectivity index (χ1n) is 10.7. The van der Waals surface area contributed by atoms with Crippen molar-refractivity contribution in [1.82, 2.24) is 9.97 Å². The highest BCUT2D eigenvalue weighted by molar-refractivity contribution is 6.30. The third kappa shape index (κ3) is 5.41. The van der Waals surface area contributed by atoms with Gasteiger partial charge in [0.2, 0.25) is 11.2 Å². The van der Waals surface area contributed by atoms with Crippen LogP contribution in [0, 0.1) is 6.92 Å². The number of hydrogen-bond acceptors (Lipinski definition) is 8. The second-order valence-electron chi connectivity index (χ2n) is 7.87. The number of nitrogens with zero attached hydrogens (tertiary/aromatic N) is 6. The van der Waals surface area contributed by atoms with Crippen LogP contribution in [-0.4, -0.2) is 38.3 Å². The zero-order valence-corrected chi connectivity index (χ0v) is 19.2. The van der Waals surface area contributed by atoms with Crippen molar-refractivity contribution in [1.29, 1.82) is 0 Å². The highest BCUT2D eigenvalue weighted by atomic mass is 35.5. The molecule has 0 saturated heterocycles. The monoisotopic (exact) mass is 479 g/mol. The van der Waals surface area contributed by atoms with Crippen molar-refractivity contribution in [3.63, 3.8) is 0 Å². The van der Waals surface area contributed by atoms with E-state index in [0.29, 0.717) is 41.7 Å². The number of aryl methyl sites for hydroxylation is 1. The van der Waals surface area contributed by atoms with E-state index < -0.39 is 18.2 Å². The third-order valence-electron chi connectivity index (χ3n) is 5.31. The van der Waals surface area contributed by atoms with E-state index in [1.54, 1.807) is 17.0 Å². The molecule has 0 bridgehead atoms. The second kappa shape index (κ2) is 10.4. The Balaban J connectivity index is 1.63. The lowest BCUT2D eigenvalue weighted by Crippen LogP contribution is -2.30. The van der Waals surface area contributed by atoms with E-state index >= 15 is 0 Å². The summed E-state index contributed by atoms with van der Waals surface area (Å²) >= 11 is 6.25. The molecule has 2 unspecified atom stereocenters. The van der Waals surface area contributed by atoms with Crippen molar-refractivity contribution in [3.05, 3.63) is 70.9 Å². The molecule has 2 heterocycles. The molecule has 10 nitrogen and oxygen atoms in total. The highest BCUT2D eigenvalue weighted by Crippen LogP contribution is 2.37. The molecule has 11 heteroatoms. The largest absolute Gasteiger partial charge is 0.480 e. The van der Waals surface area contributed by atoms with E-state index in [1.165, 1.54) is 0 Å². The lowest BCUT2D eigenvalue weighted by Gasteiger charge is -2.13. The summed E-state index contributed by atoms with van der Waals surface area (Å²) in [4.78, 5) is 20.0. The van der Waals surface area contributed by atoms with Gasteiger partial charge in [-0.05, 0) is 31.9 Å². The summed E-state index contributed by atoms with van der Waals surface area (Å²) in [5.41, 5.74) is 9.65. The molecule has 0 amide bonds. The van der Waals surface area contributed by atoms with Gasteiger partial charge < -0.3 is 16.2 Å². The van der Waals surface area contributed by atoms with Crippen molar-refractivity contribution >= 4 is 29.2 Å². The van der Waals surface area contributed by atoms with Gasteiger partial charge in [0.25, 0.3) is 6.17 Å². The van der Waals surface area contributed by atoms with Crippen molar-refractivity contribution in [2.45, 2.75) is 32.0 Å². The first-order chi connectivity index (χ1) is 16.4. The smallest absolute Gasteiger partial charge is 0.320 e. The van der Waals surface area contributed by atoms with Gasteiger partial charge in [-0.25, -0.2) is 9.97 Å². The number of carbonyl (C=O) groups is 1. The summed E-state index contributed by atoms with van der Waals surface area (Å²) in [6.07, 6.45) is 2.11. The predicted octanol–water partition coefficient (Wildman–Crippen LogP) is 4.89. The van der Waals surface area contributed by atoms with Gasteiger partial charge in [-0.2, -0.15) is 0 Å². The number of benzene rings is 2. The van der Waals surface area contributed by atoms with Crippen molar-refractivity contribution in [3.8, 4) is 11.3 Å². The van der Waals surface area contributed by atoms with E-state index in [4.69, 9.17) is 27.4 Å². The molecule has 2 atom stereocenters. The van der Waals surface area contributed by atoms with E-state index in [2.05, 4.69) is 25.9 Å². The van der Waals surface area contributed by atoms with Gasteiger partial charge in [-0.3, -0.25) is 4.79 Å². The average molecular weight is 480 g/mol. The number of carboxylic acid groups (broad SMARTS) is 1. The number of rotatable bonds is 9. The number of nitrogens with two attached hydrogens (primary N) is 1. The number of anilines is 1. The molecule has 4 rings (SSSR count). The maximum atomic E-state index is 10.9. The molecule has 3 aromatic rings. The molecule has 2 aromatic carbocycles. The van der Waals surface area contributed by atoms with Crippen LogP contribution in [0.2, 0.25) is 5.02 Å². The molecule has 1 aliphatic heterocycles. The topological polar surface area (TPSA) is 141 Å². The van der Waals surface area contributed by atoms with E-state index in [-0.39, 0.29) is 0 Å². The van der Waals surface area contributed by atoms with Gasteiger partial charge in [-0.1, -0.05) is 58.3 Å². The van der Waals surface area contributed by atoms with Gasteiger partial charge in [-0.15, -0.1) is 0 Å². The van der Waals surface area contributed by atoms with Gasteiger partial charge >= 0.3 is 5.97 Å². The average Bonchev–Trinajstić information content (AvgIpc) is 3.31. The molecule has 0 radical (unpaired) electrons. The lowest BCUT2D eigenvalue weighted by molar-refractivity contribution is -0.547. The highest BCUT2D eigenvalue weighted by Gasteiger charge is 2.33. The summed E-state index contributed by atoms with van der Waals surface area (Å²) in [5.74, 6) is -0.625. The number of aliphatic carboxylic acids is 1.